The van der Waals surface area contributed by atoms with Gasteiger partial charge in [0.25, 0.3) is 5.91 Å². The van der Waals surface area contributed by atoms with Crippen LogP contribution in [0.5, 0.6) is 0 Å². The Morgan fingerprint density at radius 1 is 1.15 bits per heavy atom. The molecule has 6 heteroatoms. The summed E-state index contributed by atoms with van der Waals surface area (Å²) in [5.41, 5.74) is 0.527. The molecule has 1 aromatic carbocycles. The molecule has 2 rings (SSSR count). The van der Waals surface area contributed by atoms with E-state index in [2.05, 4.69) is 20.8 Å². The van der Waals surface area contributed by atoms with Crippen molar-refractivity contribution >= 4 is 17.4 Å². The highest BCUT2D eigenvalue weighted by Crippen LogP contribution is 2.17. The molecule has 0 unspecified atom stereocenters. The van der Waals surface area contributed by atoms with E-state index in [1.807, 2.05) is 13.8 Å². The molecule has 0 aliphatic carbocycles. The summed E-state index contributed by atoms with van der Waals surface area (Å²) in [6, 6.07) is 9.40. The zero-order valence-electron chi connectivity index (χ0n) is 11.2. The normalized spacial score (nSPS) is 10.4. The zero-order chi connectivity index (χ0) is 14.5. The maximum absolute atomic E-state index is 13.5. The van der Waals surface area contributed by atoms with Crippen molar-refractivity contribution in [3.63, 3.8) is 0 Å². The average Bonchev–Trinajstić information content (AvgIpc) is 2.41. The molecular weight excluding hydrogens is 259 g/mol. The fraction of sp³-hybridized carbons (Fsp3) is 0.214. The third-order valence-corrected chi connectivity index (χ3v) is 2.45. The Balaban J connectivity index is 2.09. The molecule has 104 valence electrons. The van der Waals surface area contributed by atoms with E-state index in [1.54, 1.807) is 24.3 Å². The van der Waals surface area contributed by atoms with Gasteiger partial charge in [-0.3, -0.25) is 4.79 Å². The number of benzene rings is 1. The maximum Gasteiger partial charge on any atom is 0.271 e. The highest BCUT2D eigenvalue weighted by molar-refractivity contribution is 5.92. The molecule has 0 radical (unpaired) electrons. The number of anilines is 2. The van der Waals surface area contributed by atoms with Crippen LogP contribution in [0.4, 0.5) is 15.9 Å². The fourth-order valence-electron chi connectivity index (χ4n) is 1.56. The largest absolute Gasteiger partial charge is 0.348 e. The number of carbonyl (C=O) groups is 1. The van der Waals surface area contributed by atoms with E-state index in [0.717, 1.165) is 0 Å². The standard InChI is InChI=1S/C14H15FN4O/c1-9(2)16-14(20)12-7-8-13(19-18-12)17-11-6-4-3-5-10(11)15/h3-9H,1-2H3,(H,16,20)(H,17,19). The summed E-state index contributed by atoms with van der Waals surface area (Å²) in [6.45, 7) is 3.72. The molecule has 1 aromatic heterocycles. The Morgan fingerprint density at radius 2 is 1.90 bits per heavy atom. The van der Waals surface area contributed by atoms with Crippen molar-refractivity contribution in [2.75, 3.05) is 5.32 Å². The lowest BCUT2D eigenvalue weighted by Gasteiger charge is -2.08. The van der Waals surface area contributed by atoms with E-state index in [-0.39, 0.29) is 23.5 Å². The fourth-order valence-corrected chi connectivity index (χ4v) is 1.56. The zero-order valence-corrected chi connectivity index (χ0v) is 11.2. The van der Waals surface area contributed by atoms with Gasteiger partial charge < -0.3 is 10.6 Å². The number of hydrogen-bond donors (Lipinski definition) is 2. The van der Waals surface area contributed by atoms with Crippen molar-refractivity contribution < 1.29 is 9.18 Å². The number of hydrogen-bond acceptors (Lipinski definition) is 4. The quantitative estimate of drug-likeness (QED) is 0.899. The van der Waals surface area contributed by atoms with Gasteiger partial charge in [0.1, 0.15) is 5.82 Å². The van der Waals surface area contributed by atoms with E-state index < -0.39 is 0 Å². The van der Waals surface area contributed by atoms with Crippen LogP contribution >= 0.6 is 0 Å². The molecule has 2 N–H and O–H groups in total. The Bertz CT molecular complexity index is 598. The highest BCUT2D eigenvalue weighted by Gasteiger charge is 2.09. The van der Waals surface area contributed by atoms with E-state index in [4.69, 9.17) is 0 Å². The number of para-hydroxylation sites is 1. The van der Waals surface area contributed by atoms with Crippen LogP contribution in [0.25, 0.3) is 0 Å². The van der Waals surface area contributed by atoms with E-state index in [9.17, 15) is 9.18 Å². The lowest BCUT2D eigenvalue weighted by atomic mass is 10.3. The van der Waals surface area contributed by atoms with Crippen LogP contribution in [0.1, 0.15) is 24.3 Å². The van der Waals surface area contributed by atoms with Gasteiger partial charge in [-0.25, -0.2) is 4.39 Å². The molecule has 0 aliphatic rings. The lowest BCUT2D eigenvalue weighted by Crippen LogP contribution is -2.30. The third kappa shape index (κ3) is 3.50. The number of rotatable bonds is 4. The minimum atomic E-state index is -0.379. The van der Waals surface area contributed by atoms with Crippen LogP contribution in [-0.2, 0) is 0 Å². The number of carbonyl (C=O) groups excluding carboxylic acids is 1. The monoisotopic (exact) mass is 274 g/mol. The number of nitrogens with one attached hydrogen (secondary N) is 2. The van der Waals surface area contributed by atoms with Crippen molar-refractivity contribution in [1.82, 2.24) is 15.5 Å². The molecule has 1 amide bonds. The average molecular weight is 274 g/mol. The van der Waals surface area contributed by atoms with Gasteiger partial charge in [-0.05, 0) is 38.1 Å². The molecule has 0 bridgehead atoms. The van der Waals surface area contributed by atoms with Gasteiger partial charge in [-0.15, -0.1) is 10.2 Å². The van der Waals surface area contributed by atoms with Gasteiger partial charge in [0.2, 0.25) is 0 Å². The van der Waals surface area contributed by atoms with Gasteiger partial charge in [0.05, 0.1) is 5.69 Å². The molecule has 1 heterocycles. The topological polar surface area (TPSA) is 66.9 Å². The summed E-state index contributed by atoms with van der Waals surface area (Å²) < 4.78 is 13.5. The first-order valence-corrected chi connectivity index (χ1v) is 6.22. The molecule has 0 fully saturated rings. The number of halogens is 1. The Morgan fingerprint density at radius 3 is 2.50 bits per heavy atom. The first-order valence-electron chi connectivity index (χ1n) is 6.22. The third-order valence-electron chi connectivity index (χ3n) is 2.45. The van der Waals surface area contributed by atoms with Crippen LogP contribution in [0, 0.1) is 5.82 Å². The predicted octanol–water partition coefficient (Wildman–Crippen LogP) is 2.50. The second-order valence-electron chi connectivity index (χ2n) is 4.54. The van der Waals surface area contributed by atoms with Crippen molar-refractivity contribution in [2.24, 2.45) is 0 Å². The van der Waals surface area contributed by atoms with Crippen molar-refractivity contribution in [2.45, 2.75) is 19.9 Å². The number of amides is 1. The number of nitrogens with zero attached hydrogens (tertiary/aromatic N) is 2. The molecular formula is C14H15FN4O. The minimum absolute atomic E-state index is 0.0283. The molecule has 20 heavy (non-hydrogen) atoms. The number of aromatic nitrogens is 2. The molecule has 0 saturated heterocycles. The summed E-state index contributed by atoms with van der Waals surface area (Å²) in [5, 5.41) is 13.2. The SMILES string of the molecule is CC(C)NC(=O)c1ccc(Nc2ccccc2F)nn1. The molecule has 0 atom stereocenters. The van der Waals surface area contributed by atoms with Crippen molar-refractivity contribution in [1.29, 1.82) is 0 Å². The van der Waals surface area contributed by atoms with Gasteiger partial charge in [-0.2, -0.15) is 0 Å². The molecule has 0 saturated carbocycles. The van der Waals surface area contributed by atoms with Gasteiger partial charge in [0, 0.05) is 6.04 Å². The lowest BCUT2D eigenvalue weighted by molar-refractivity contribution is 0.0937. The Labute approximate surface area is 116 Å². The summed E-state index contributed by atoms with van der Waals surface area (Å²) in [4.78, 5) is 11.7. The minimum Gasteiger partial charge on any atom is -0.348 e. The van der Waals surface area contributed by atoms with E-state index >= 15 is 0 Å². The van der Waals surface area contributed by atoms with E-state index in [0.29, 0.717) is 11.5 Å². The highest BCUT2D eigenvalue weighted by atomic mass is 19.1. The van der Waals surface area contributed by atoms with E-state index in [1.165, 1.54) is 12.1 Å². The predicted molar refractivity (Wildman–Crippen MR) is 74.3 cm³/mol. The van der Waals surface area contributed by atoms with Crippen LogP contribution < -0.4 is 10.6 Å². The smallest absolute Gasteiger partial charge is 0.271 e. The molecule has 0 spiro atoms. The second kappa shape index (κ2) is 6.10. The van der Waals surface area contributed by atoms with Gasteiger partial charge in [0.15, 0.2) is 11.5 Å². The Hall–Kier alpha value is -2.50. The first kappa shape index (κ1) is 13.9. The molecule has 2 aromatic rings. The second-order valence-corrected chi connectivity index (χ2v) is 4.54. The molecule has 5 nitrogen and oxygen atoms in total. The summed E-state index contributed by atoms with van der Waals surface area (Å²) in [5.74, 6) is -0.294. The first-order chi connectivity index (χ1) is 9.56. The van der Waals surface area contributed by atoms with Crippen LogP contribution in [0.3, 0.4) is 0 Å². The van der Waals surface area contributed by atoms with Crippen LogP contribution in [0.15, 0.2) is 36.4 Å². The maximum atomic E-state index is 13.5. The van der Waals surface area contributed by atoms with Crippen LogP contribution in [-0.4, -0.2) is 22.1 Å². The van der Waals surface area contributed by atoms with Crippen molar-refractivity contribution in [3.05, 3.63) is 47.9 Å². The van der Waals surface area contributed by atoms with Crippen LogP contribution in [0.2, 0.25) is 0 Å². The molecule has 0 aliphatic heterocycles. The summed E-state index contributed by atoms with van der Waals surface area (Å²) in [7, 11) is 0. The Kier molecular flexibility index (Phi) is 4.24. The summed E-state index contributed by atoms with van der Waals surface area (Å²) in [6.07, 6.45) is 0. The van der Waals surface area contributed by atoms with Crippen molar-refractivity contribution in [3.8, 4) is 0 Å². The summed E-state index contributed by atoms with van der Waals surface area (Å²) >= 11 is 0. The van der Waals surface area contributed by atoms with Gasteiger partial charge >= 0.3 is 0 Å². The van der Waals surface area contributed by atoms with Gasteiger partial charge in [-0.1, -0.05) is 12.1 Å².